The Morgan fingerprint density at radius 1 is 1.28 bits per heavy atom. The first kappa shape index (κ1) is 16.0. The predicted octanol–water partition coefficient (Wildman–Crippen LogP) is 3.54. The molecule has 1 saturated carbocycles. The monoisotopic (exact) mass is 255 g/mol. The lowest BCUT2D eigenvalue weighted by Crippen LogP contribution is -2.48. The molecule has 2 heteroatoms. The summed E-state index contributed by atoms with van der Waals surface area (Å²) < 4.78 is 0. The van der Waals surface area contributed by atoms with Gasteiger partial charge in [0.25, 0.3) is 0 Å². The number of likely N-dealkylation sites (N-methyl/N-ethyl adjacent to an activating group) is 1. The minimum absolute atomic E-state index is 0.127. The second-order valence-electron chi connectivity index (χ2n) is 7.46. The Morgan fingerprint density at radius 2 is 1.89 bits per heavy atom. The number of nitrogens with zero attached hydrogens (tertiary/aromatic N) is 1. The predicted molar refractivity (Wildman–Crippen MR) is 78.7 cm³/mol. The molecule has 0 radical (unpaired) electrons. The van der Waals surface area contributed by atoms with Gasteiger partial charge in [0.05, 0.1) is 6.10 Å². The molecule has 2 nitrogen and oxygen atoms in total. The maximum Gasteiger partial charge on any atom is 0.0695 e. The van der Waals surface area contributed by atoms with Crippen molar-refractivity contribution in [3.63, 3.8) is 0 Å². The minimum Gasteiger partial charge on any atom is -0.391 e. The molecule has 1 aliphatic rings. The Labute approximate surface area is 114 Å². The van der Waals surface area contributed by atoms with Crippen LogP contribution in [0.5, 0.6) is 0 Å². The lowest BCUT2D eigenvalue weighted by Gasteiger charge is -2.44. The molecule has 0 heterocycles. The van der Waals surface area contributed by atoms with Crippen molar-refractivity contribution in [1.82, 2.24) is 4.90 Å². The minimum atomic E-state index is -0.127. The van der Waals surface area contributed by atoms with Crippen molar-refractivity contribution in [2.24, 2.45) is 17.3 Å². The van der Waals surface area contributed by atoms with Crippen LogP contribution in [0.2, 0.25) is 0 Å². The van der Waals surface area contributed by atoms with Gasteiger partial charge in [-0.3, -0.25) is 0 Å². The molecule has 1 fully saturated rings. The third-order valence-corrected chi connectivity index (χ3v) is 4.87. The SMILES string of the molecule is CCC(C)CN(C)C1CC(C(C)(C)C)CCC1O. The standard InChI is InChI=1S/C16H33NO/c1-7-12(2)11-17(6)14-10-13(16(3,4)5)8-9-15(14)18/h12-15,18H,7-11H2,1-6H3. The van der Waals surface area contributed by atoms with Crippen LogP contribution in [0.1, 0.15) is 60.3 Å². The van der Waals surface area contributed by atoms with Gasteiger partial charge < -0.3 is 10.0 Å². The number of hydrogen-bond donors (Lipinski definition) is 1. The lowest BCUT2D eigenvalue weighted by atomic mass is 9.70. The molecule has 1 N–H and O–H groups in total. The first-order valence-electron chi connectivity index (χ1n) is 7.64. The van der Waals surface area contributed by atoms with Crippen molar-refractivity contribution in [2.45, 2.75) is 72.4 Å². The Hall–Kier alpha value is -0.0800. The van der Waals surface area contributed by atoms with E-state index in [1.165, 1.54) is 12.8 Å². The van der Waals surface area contributed by atoms with Crippen molar-refractivity contribution in [2.75, 3.05) is 13.6 Å². The van der Waals surface area contributed by atoms with Gasteiger partial charge in [-0.05, 0) is 43.6 Å². The number of aliphatic hydroxyl groups excluding tert-OH is 1. The van der Waals surface area contributed by atoms with E-state index < -0.39 is 0 Å². The maximum atomic E-state index is 10.3. The molecule has 0 spiro atoms. The van der Waals surface area contributed by atoms with E-state index in [9.17, 15) is 5.11 Å². The highest BCUT2D eigenvalue weighted by atomic mass is 16.3. The van der Waals surface area contributed by atoms with Gasteiger partial charge in [-0.15, -0.1) is 0 Å². The molecule has 4 unspecified atom stereocenters. The average molecular weight is 255 g/mol. The van der Waals surface area contributed by atoms with E-state index >= 15 is 0 Å². The lowest BCUT2D eigenvalue weighted by molar-refractivity contribution is -0.0115. The van der Waals surface area contributed by atoms with Gasteiger partial charge in [0.15, 0.2) is 0 Å². The summed E-state index contributed by atoms with van der Waals surface area (Å²) in [6.45, 7) is 12.7. The molecule has 0 saturated heterocycles. The van der Waals surface area contributed by atoms with E-state index in [-0.39, 0.29) is 6.10 Å². The van der Waals surface area contributed by atoms with Crippen molar-refractivity contribution >= 4 is 0 Å². The van der Waals surface area contributed by atoms with Crippen LogP contribution in [-0.2, 0) is 0 Å². The zero-order chi connectivity index (χ0) is 13.9. The quantitative estimate of drug-likeness (QED) is 0.830. The highest BCUT2D eigenvalue weighted by molar-refractivity contribution is 4.90. The van der Waals surface area contributed by atoms with E-state index in [0.717, 1.165) is 31.2 Å². The number of rotatable bonds is 4. The second kappa shape index (κ2) is 6.38. The van der Waals surface area contributed by atoms with Crippen LogP contribution in [0, 0.1) is 17.3 Å². The Kier molecular flexibility index (Phi) is 5.67. The molecule has 1 aliphatic carbocycles. The number of hydrogen-bond acceptors (Lipinski definition) is 2. The average Bonchev–Trinajstić information content (AvgIpc) is 2.27. The Bertz CT molecular complexity index is 246. The fourth-order valence-corrected chi connectivity index (χ4v) is 3.15. The first-order chi connectivity index (χ1) is 8.25. The largest absolute Gasteiger partial charge is 0.391 e. The van der Waals surface area contributed by atoms with Crippen molar-refractivity contribution in [1.29, 1.82) is 0 Å². The van der Waals surface area contributed by atoms with Crippen LogP contribution in [0.15, 0.2) is 0 Å². The summed E-state index contributed by atoms with van der Waals surface area (Å²) in [4.78, 5) is 2.40. The Balaban J connectivity index is 2.61. The maximum absolute atomic E-state index is 10.3. The summed E-state index contributed by atoms with van der Waals surface area (Å²) in [7, 11) is 2.19. The fourth-order valence-electron chi connectivity index (χ4n) is 3.15. The van der Waals surface area contributed by atoms with Crippen LogP contribution in [0.4, 0.5) is 0 Å². The molecule has 0 amide bonds. The second-order valence-corrected chi connectivity index (χ2v) is 7.46. The van der Waals surface area contributed by atoms with Crippen LogP contribution < -0.4 is 0 Å². The highest BCUT2D eigenvalue weighted by Crippen LogP contribution is 2.39. The smallest absolute Gasteiger partial charge is 0.0695 e. The van der Waals surface area contributed by atoms with Gasteiger partial charge in [0.1, 0.15) is 0 Å². The first-order valence-corrected chi connectivity index (χ1v) is 7.64. The van der Waals surface area contributed by atoms with Crippen molar-refractivity contribution in [3.05, 3.63) is 0 Å². The molecule has 0 bridgehead atoms. The van der Waals surface area contributed by atoms with Crippen molar-refractivity contribution < 1.29 is 5.11 Å². The molecule has 1 rings (SSSR count). The van der Waals surface area contributed by atoms with E-state index in [2.05, 4.69) is 46.6 Å². The van der Waals surface area contributed by atoms with Gasteiger partial charge in [-0.25, -0.2) is 0 Å². The summed E-state index contributed by atoms with van der Waals surface area (Å²) in [5.74, 6) is 1.46. The van der Waals surface area contributed by atoms with E-state index in [1.54, 1.807) is 0 Å². The highest BCUT2D eigenvalue weighted by Gasteiger charge is 2.36. The van der Waals surface area contributed by atoms with Gasteiger partial charge in [0.2, 0.25) is 0 Å². The zero-order valence-electron chi connectivity index (χ0n) is 13.2. The molecule has 0 aromatic carbocycles. The molecular weight excluding hydrogens is 222 g/mol. The summed E-state index contributed by atoms with van der Waals surface area (Å²) in [5.41, 5.74) is 0.371. The van der Waals surface area contributed by atoms with Gasteiger partial charge in [0, 0.05) is 12.6 Å². The third kappa shape index (κ3) is 4.24. The molecule has 0 aromatic heterocycles. The summed E-state index contributed by atoms with van der Waals surface area (Å²) in [5, 5.41) is 10.3. The molecule has 0 aromatic rings. The third-order valence-electron chi connectivity index (χ3n) is 4.87. The van der Waals surface area contributed by atoms with Gasteiger partial charge in [-0.1, -0.05) is 41.0 Å². The molecular formula is C16H33NO. The Morgan fingerprint density at radius 3 is 2.39 bits per heavy atom. The van der Waals surface area contributed by atoms with Gasteiger partial charge in [-0.2, -0.15) is 0 Å². The van der Waals surface area contributed by atoms with Gasteiger partial charge >= 0.3 is 0 Å². The molecule has 0 aliphatic heterocycles. The van der Waals surface area contributed by atoms with E-state index in [1.807, 2.05) is 0 Å². The summed E-state index contributed by atoms with van der Waals surface area (Å²) in [6.07, 6.45) is 4.39. The van der Waals surface area contributed by atoms with E-state index in [0.29, 0.717) is 11.5 Å². The normalized spacial score (nSPS) is 31.7. The van der Waals surface area contributed by atoms with Crippen LogP contribution >= 0.6 is 0 Å². The van der Waals surface area contributed by atoms with Crippen LogP contribution in [0.25, 0.3) is 0 Å². The van der Waals surface area contributed by atoms with Crippen LogP contribution in [-0.4, -0.2) is 35.7 Å². The summed E-state index contributed by atoms with van der Waals surface area (Å²) in [6, 6.07) is 0.358. The fraction of sp³-hybridized carbons (Fsp3) is 1.00. The summed E-state index contributed by atoms with van der Waals surface area (Å²) >= 11 is 0. The van der Waals surface area contributed by atoms with Crippen LogP contribution in [0.3, 0.4) is 0 Å². The van der Waals surface area contributed by atoms with Crippen molar-refractivity contribution in [3.8, 4) is 0 Å². The molecule has 108 valence electrons. The zero-order valence-corrected chi connectivity index (χ0v) is 13.2. The topological polar surface area (TPSA) is 23.5 Å². The van der Waals surface area contributed by atoms with E-state index in [4.69, 9.17) is 0 Å². The molecule has 4 atom stereocenters. The molecule has 18 heavy (non-hydrogen) atoms. The number of aliphatic hydroxyl groups is 1.